The average molecular weight is 362 g/mol. The van der Waals surface area contributed by atoms with Crippen molar-refractivity contribution >= 4 is 34.1 Å². The molecular formula is C14H19N4NaO4S. The molecule has 0 bridgehead atoms. The summed E-state index contributed by atoms with van der Waals surface area (Å²) in [6.07, 6.45) is 2.47. The van der Waals surface area contributed by atoms with Crippen molar-refractivity contribution in [2.24, 2.45) is 11.1 Å². The molecule has 1 heterocycles. The van der Waals surface area contributed by atoms with Crippen LogP contribution in [0.4, 0.5) is 5.13 Å². The van der Waals surface area contributed by atoms with E-state index in [0.717, 1.165) is 11.3 Å². The second-order valence-corrected chi connectivity index (χ2v) is 6.50. The van der Waals surface area contributed by atoms with Crippen molar-refractivity contribution in [3.05, 3.63) is 11.1 Å². The van der Waals surface area contributed by atoms with E-state index in [2.05, 4.69) is 10.1 Å². The van der Waals surface area contributed by atoms with Crippen molar-refractivity contribution in [2.75, 3.05) is 19.8 Å². The number of anilines is 1. The van der Waals surface area contributed by atoms with Gasteiger partial charge in [-0.1, -0.05) is 5.16 Å². The summed E-state index contributed by atoms with van der Waals surface area (Å²) in [5.74, 6) is -1.36. The molecule has 1 aromatic heterocycles. The van der Waals surface area contributed by atoms with Crippen molar-refractivity contribution in [2.45, 2.75) is 31.8 Å². The molecule has 2 N–H and O–H groups in total. The molecule has 0 aliphatic heterocycles. The summed E-state index contributed by atoms with van der Waals surface area (Å²) in [5, 5.41) is 16.6. The first kappa shape index (κ1) is 20.9. The molecule has 1 fully saturated rings. The molecule has 0 atom stereocenters. The molecule has 1 aliphatic carbocycles. The Morgan fingerprint density at radius 3 is 2.46 bits per heavy atom. The van der Waals surface area contributed by atoms with Gasteiger partial charge in [-0.3, -0.25) is 4.79 Å². The fourth-order valence-electron chi connectivity index (χ4n) is 2.49. The minimum absolute atomic E-state index is 0. The number of thiazole rings is 1. The van der Waals surface area contributed by atoms with E-state index in [1.807, 2.05) is 0 Å². The van der Waals surface area contributed by atoms with Gasteiger partial charge in [0.05, 0.1) is 5.97 Å². The summed E-state index contributed by atoms with van der Waals surface area (Å²) in [6.45, 7) is 0. The molecule has 126 valence electrons. The van der Waals surface area contributed by atoms with E-state index >= 15 is 0 Å². The molecule has 0 saturated heterocycles. The van der Waals surface area contributed by atoms with E-state index in [1.165, 1.54) is 5.38 Å². The van der Waals surface area contributed by atoms with Crippen LogP contribution < -0.4 is 40.4 Å². The van der Waals surface area contributed by atoms with Crippen molar-refractivity contribution in [1.82, 2.24) is 9.88 Å². The number of nitrogen functional groups attached to an aromatic ring is 1. The van der Waals surface area contributed by atoms with Crippen molar-refractivity contribution in [1.29, 1.82) is 0 Å². The van der Waals surface area contributed by atoms with E-state index < -0.39 is 5.97 Å². The van der Waals surface area contributed by atoms with Crippen LogP contribution in [0, 0.1) is 5.92 Å². The molecule has 10 heteroatoms. The van der Waals surface area contributed by atoms with Gasteiger partial charge in [0.2, 0.25) is 5.91 Å². The zero-order valence-corrected chi connectivity index (χ0v) is 16.8. The van der Waals surface area contributed by atoms with Crippen LogP contribution in [0.5, 0.6) is 0 Å². The molecule has 0 spiro atoms. The van der Waals surface area contributed by atoms with Gasteiger partial charge in [0, 0.05) is 25.4 Å². The topological polar surface area (TPSA) is 121 Å². The SMILES string of the molecule is CN(C)C(=O)[C@H]1CC[C@H](O/N=C(\C(=O)[O-])c2csc(N)n2)CC1.[Na+]. The zero-order valence-electron chi connectivity index (χ0n) is 14.0. The van der Waals surface area contributed by atoms with E-state index in [4.69, 9.17) is 10.6 Å². The van der Waals surface area contributed by atoms with Crippen LogP contribution in [0.15, 0.2) is 10.5 Å². The molecule has 24 heavy (non-hydrogen) atoms. The van der Waals surface area contributed by atoms with Crippen LogP contribution in [-0.2, 0) is 14.4 Å². The third kappa shape index (κ3) is 5.44. The number of hydrogen-bond donors (Lipinski definition) is 1. The molecular weight excluding hydrogens is 343 g/mol. The average Bonchev–Trinajstić information content (AvgIpc) is 2.93. The van der Waals surface area contributed by atoms with E-state index in [-0.39, 0.29) is 64.0 Å². The summed E-state index contributed by atoms with van der Waals surface area (Å²) in [4.78, 5) is 33.8. The van der Waals surface area contributed by atoms with Gasteiger partial charge in [0.25, 0.3) is 0 Å². The Labute approximate surface area is 166 Å². The normalized spacial score (nSPS) is 20.8. The zero-order chi connectivity index (χ0) is 17.0. The van der Waals surface area contributed by atoms with Crippen LogP contribution in [0.3, 0.4) is 0 Å². The predicted molar refractivity (Wildman–Crippen MR) is 83.6 cm³/mol. The number of aliphatic carboxylic acids is 1. The Bertz CT molecular complexity index is 612. The third-order valence-electron chi connectivity index (χ3n) is 3.72. The first-order valence-electron chi connectivity index (χ1n) is 7.26. The first-order valence-corrected chi connectivity index (χ1v) is 8.14. The number of aromatic nitrogens is 1. The van der Waals surface area contributed by atoms with Gasteiger partial charge >= 0.3 is 29.6 Å². The van der Waals surface area contributed by atoms with Crippen molar-refractivity contribution in [3.8, 4) is 0 Å². The first-order chi connectivity index (χ1) is 10.9. The predicted octanol–water partition coefficient (Wildman–Crippen LogP) is -3.15. The van der Waals surface area contributed by atoms with Gasteiger partial charge in [0.15, 0.2) is 10.8 Å². The van der Waals surface area contributed by atoms with Crippen LogP contribution in [0.1, 0.15) is 31.4 Å². The largest absolute Gasteiger partial charge is 1.00 e. The van der Waals surface area contributed by atoms with Gasteiger partial charge in [0.1, 0.15) is 11.8 Å². The standard InChI is InChI=1S/C14H20N4O4S.Na/c1-18(2)12(19)8-3-5-9(6-4-8)22-17-11(13(20)21)10-7-23-14(15)16-10;/h7-9H,3-6H2,1-2H3,(H2,15,16)(H,20,21);/q;+1/p-1/b17-11-;/t8-,9-;. The van der Waals surface area contributed by atoms with Crippen molar-refractivity contribution < 1.29 is 49.1 Å². The molecule has 0 unspecified atom stereocenters. The summed E-state index contributed by atoms with van der Waals surface area (Å²) in [5.41, 5.74) is 5.24. The molecule has 1 aromatic rings. The molecule has 0 radical (unpaired) electrons. The number of amides is 1. The molecule has 0 aromatic carbocycles. The fraction of sp³-hybridized carbons (Fsp3) is 0.571. The molecule has 1 aliphatic rings. The minimum Gasteiger partial charge on any atom is -0.543 e. The Morgan fingerprint density at radius 2 is 2.00 bits per heavy atom. The molecule has 2 rings (SSSR count). The van der Waals surface area contributed by atoms with E-state index in [0.29, 0.717) is 25.7 Å². The Hall–Kier alpha value is -1.16. The van der Waals surface area contributed by atoms with E-state index in [9.17, 15) is 14.7 Å². The quantitative estimate of drug-likeness (QED) is 0.335. The number of rotatable bonds is 5. The van der Waals surface area contributed by atoms with Crippen LogP contribution in [-0.4, -0.2) is 47.7 Å². The summed E-state index contributed by atoms with van der Waals surface area (Å²) in [7, 11) is 3.47. The van der Waals surface area contributed by atoms with Gasteiger partial charge in [-0.05, 0) is 25.7 Å². The number of nitrogens with two attached hydrogens (primary N) is 1. The number of carboxylic acid groups (broad SMARTS) is 1. The molecule has 1 amide bonds. The van der Waals surface area contributed by atoms with Crippen molar-refractivity contribution in [3.63, 3.8) is 0 Å². The Kier molecular flexibility index (Phi) is 8.14. The summed E-state index contributed by atoms with van der Waals surface area (Å²) in [6, 6.07) is 0. The molecule has 1 saturated carbocycles. The van der Waals surface area contributed by atoms with Crippen LogP contribution in [0.25, 0.3) is 0 Å². The summed E-state index contributed by atoms with van der Waals surface area (Å²) >= 11 is 1.11. The molecule has 8 nitrogen and oxygen atoms in total. The van der Waals surface area contributed by atoms with Gasteiger partial charge in [-0.15, -0.1) is 11.3 Å². The van der Waals surface area contributed by atoms with Gasteiger partial charge < -0.3 is 25.4 Å². The Balaban J connectivity index is 0.00000288. The maximum atomic E-state index is 11.9. The number of nitrogens with zero attached hydrogens (tertiary/aromatic N) is 3. The summed E-state index contributed by atoms with van der Waals surface area (Å²) < 4.78 is 0. The fourth-order valence-corrected chi connectivity index (χ4v) is 3.04. The second-order valence-electron chi connectivity index (χ2n) is 5.61. The Morgan fingerprint density at radius 1 is 1.38 bits per heavy atom. The number of carbonyl (C=O) groups excluding carboxylic acids is 2. The van der Waals surface area contributed by atoms with Gasteiger partial charge in [-0.2, -0.15) is 0 Å². The number of carboxylic acids is 1. The number of hydrogen-bond acceptors (Lipinski definition) is 8. The number of oxime groups is 1. The maximum Gasteiger partial charge on any atom is 1.00 e. The van der Waals surface area contributed by atoms with Crippen LogP contribution >= 0.6 is 11.3 Å². The van der Waals surface area contributed by atoms with Crippen LogP contribution in [0.2, 0.25) is 0 Å². The van der Waals surface area contributed by atoms with E-state index in [1.54, 1.807) is 19.0 Å². The smallest absolute Gasteiger partial charge is 0.543 e. The second kappa shape index (κ2) is 9.36. The van der Waals surface area contributed by atoms with Gasteiger partial charge in [-0.25, -0.2) is 4.98 Å². The monoisotopic (exact) mass is 362 g/mol. The minimum atomic E-state index is -1.47. The maximum absolute atomic E-state index is 11.9. The number of carbonyl (C=O) groups is 2. The third-order valence-corrected chi connectivity index (χ3v) is 4.39.